The van der Waals surface area contributed by atoms with E-state index in [-0.39, 0.29) is 12.6 Å². The number of allylic oxidation sites excluding steroid dienone is 4. The number of esters is 1. The summed E-state index contributed by atoms with van der Waals surface area (Å²) in [5.41, 5.74) is 0.963. The van der Waals surface area contributed by atoms with Crippen molar-refractivity contribution in [2.24, 2.45) is 0 Å². The van der Waals surface area contributed by atoms with Crippen LogP contribution in [-0.2, 0) is 9.53 Å². The molecule has 0 aliphatic rings. The first kappa shape index (κ1) is 29.5. The van der Waals surface area contributed by atoms with Crippen molar-refractivity contribution in [3.63, 3.8) is 0 Å². The average molecular weight is 473 g/mol. The number of methoxy groups -OCH3 is 2. The van der Waals surface area contributed by atoms with Gasteiger partial charge in [0.2, 0.25) is 0 Å². The summed E-state index contributed by atoms with van der Waals surface area (Å²) in [7, 11) is 3.21. The van der Waals surface area contributed by atoms with Crippen LogP contribution >= 0.6 is 0 Å². The zero-order valence-corrected chi connectivity index (χ0v) is 21.2. The van der Waals surface area contributed by atoms with Gasteiger partial charge in [0.15, 0.2) is 11.5 Å². The summed E-state index contributed by atoms with van der Waals surface area (Å²) in [6.45, 7) is 0.582. The van der Waals surface area contributed by atoms with Crippen LogP contribution < -0.4 is 9.47 Å². The number of ether oxygens (including phenoxy) is 3. The molecule has 1 rings (SSSR count). The molecule has 0 saturated heterocycles. The van der Waals surface area contributed by atoms with Crippen molar-refractivity contribution < 1.29 is 24.1 Å². The topological polar surface area (TPSA) is 65.0 Å². The highest BCUT2D eigenvalue weighted by Gasteiger charge is 2.03. The van der Waals surface area contributed by atoms with Crippen LogP contribution in [-0.4, -0.2) is 38.5 Å². The highest BCUT2D eigenvalue weighted by molar-refractivity contribution is 5.69. The smallest absolute Gasteiger partial charge is 0.306 e. The van der Waals surface area contributed by atoms with Crippen LogP contribution in [0.4, 0.5) is 0 Å². The monoisotopic (exact) mass is 472 g/mol. The number of benzene rings is 1. The van der Waals surface area contributed by atoms with Crippen LogP contribution in [0.2, 0.25) is 0 Å². The van der Waals surface area contributed by atoms with Crippen LogP contribution in [0.3, 0.4) is 0 Å². The molecule has 34 heavy (non-hydrogen) atoms. The van der Waals surface area contributed by atoms with Gasteiger partial charge in [-0.05, 0) is 68.7 Å². The molecule has 0 aromatic heterocycles. The number of carbonyl (C=O) groups is 1. The van der Waals surface area contributed by atoms with Crippen LogP contribution in [0.1, 0.15) is 82.6 Å². The van der Waals surface area contributed by atoms with Gasteiger partial charge in [-0.25, -0.2) is 0 Å². The van der Waals surface area contributed by atoms with Gasteiger partial charge in [-0.3, -0.25) is 4.79 Å². The van der Waals surface area contributed by atoms with Gasteiger partial charge in [-0.15, -0.1) is 0 Å². The fourth-order valence-corrected chi connectivity index (χ4v) is 3.47. The molecular formula is C29H44O5. The van der Waals surface area contributed by atoms with Gasteiger partial charge >= 0.3 is 5.97 Å². The second kappa shape index (κ2) is 21.0. The lowest BCUT2D eigenvalue weighted by Gasteiger charge is -2.07. The molecule has 1 aromatic rings. The average Bonchev–Trinajstić information content (AvgIpc) is 2.86. The maximum Gasteiger partial charge on any atom is 0.306 e. The van der Waals surface area contributed by atoms with E-state index in [2.05, 4.69) is 24.3 Å². The van der Waals surface area contributed by atoms with E-state index in [9.17, 15) is 4.79 Å². The van der Waals surface area contributed by atoms with E-state index in [1.807, 2.05) is 30.4 Å². The predicted molar refractivity (Wildman–Crippen MR) is 140 cm³/mol. The van der Waals surface area contributed by atoms with Gasteiger partial charge in [-0.1, -0.05) is 62.1 Å². The molecule has 5 nitrogen and oxygen atoms in total. The molecule has 1 aromatic carbocycles. The van der Waals surface area contributed by atoms with Crippen molar-refractivity contribution in [1.82, 2.24) is 0 Å². The largest absolute Gasteiger partial charge is 0.493 e. The van der Waals surface area contributed by atoms with E-state index >= 15 is 0 Å². The molecule has 190 valence electrons. The maximum atomic E-state index is 11.9. The normalized spacial score (nSPS) is 11.6. The van der Waals surface area contributed by atoms with Crippen LogP contribution in [0, 0.1) is 0 Å². The van der Waals surface area contributed by atoms with Gasteiger partial charge < -0.3 is 19.3 Å². The molecule has 0 aliphatic carbocycles. The van der Waals surface area contributed by atoms with Crippen molar-refractivity contribution >= 4 is 12.0 Å². The fraction of sp³-hybridized carbons (Fsp3) is 0.552. The molecule has 0 atom stereocenters. The van der Waals surface area contributed by atoms with E-state index < -0.39 is 0 Å². The lowest BCUT2D eigenvalue weighted by Crippen LogP contribution is -2.03. The second-order valence-electron chi connectivity index (χ2n) is 8.26. The highest BCUT2D eigenvalue weighted by atomic mass is 16.5. The molecule has 0 radical (unpaired) electrons. The lowest BCUT2D eigenvalue weighted by molar-refractivity contribution is -0.142. The Labute approximate surface area is 206 Å². The van der Waals surface area contributed by atoms with Crippen molar-refractivity contribution in [2.45, 2.75) is 77.0 Å². The third kappa shape index (κ3) is 15.3. The third-order valence-electron chi connectivity index (χ3n) is 5.44. The number of carbonyl (C=O) groups excluding carboxylic acids is 1. The first-order valence-corrected chi connectivity index (χ1v) is 12.7. The Bertz CT molecular complexity index is 736. The van der Waals surface area contributed by atoms with E-state index in [0.29, 0.717) is 24.5 Å². The Morgan fingerprint density at radius 2 is 1.44 bits per heavy atom. The number of aliphatic hydroxyl groups excluding tert-OH is 1. The second-order valence-corrected chi connectivity index (χ2v) is 8.26. The number of rotatable bonds is 20. The van der Waals surface area contributed by atoms with Gasteiger partial charge in [0, 0.05) is 13.0 Å². The van der Waals surface area contributed by atoms with E-state index in [4.69, 9.17) is 19.3 Å². The lowest BCUT2D eigenvalue weighted by atomic mass is 10.1. The first-order chi connectivity index (χ1) is 16.7. The van der Waals surface area contributed by atoms with Crippen molar-refractivity contribution in [2.75, 3.05) is 27.4 Å². The zero-order valence-electron chi connectivity index (χ0n) is 21.2. The van der Waals surface area contributed by atoms with Gasteiger partial charge in [0.25, 0.3) is 0 Å². The molecule has 0 unspecified atom stereocenters. The first-order valence-electron chi connectivity index (χ1n) is 12.7. The predicted octanol–water partition coefficient (Wildman–Crippen LogP) is 7.05. The van der Waals surface area contributed by atoms with E-state index in [1.54, 1.807) is 14.2 Å². The summed E-state index contributed by atoms with van der Waals surface area (Å²) in [4.78, 5) is 11.9. The Balaban J connectivity index is 1.98. The Kier molecular flexibility index (Phi) is 18.3. The minimum absolute atomic E-state index is 0.138. The third-order valence-corrected chi connectivity index (χ3v) is 5.44. The Hall–Kier alpha value is -2.53. The molecule has 5 heteroatoms. The minimum Gasteiger partial charge on any atom is -0.493 e. The van der Waals surface area contributed by atoms with E-state index in [0.717, 1.165) is 63.4 Å². The molecule has 0 saturated carbocycles. The summed E-state index contributed by atoms with van der Waals surface area (Å²) in [5, 5.41) is 8.73. The summed E-state index contributed by atoms with van der Waals surface area (Å²) < 4.78 is 15.8. The highest BCUT2D eigenvalue weighted by Crippen LogP contribution is 2.27. The molecule has 0 fully saturated rings. The number of hydrogen-bond acceptors (Lipinski definition) is 5. The standard InChI is InChI=1S/C29H44O5/c1-32-27-22-21-26(25-28(27)33-2)19-18-24-34-29(31)20-16-14-12-10-8-6-4-3-5-7-9-11-13-15-17-23-30/h3-4,7,9,18-19,21-22,25,30H,5-6,8,10-17,20,23-24H2,1-2H3. The van der Waals surface area contributed by atoms with Gasteiger partial charge in [-0.2, -0.15) is 0 Å². The molecule has 1 N–H and O–H groups in total. The quantitative estimate of drug-likeness (QED) is 0.125. The minimum atomic E-state index is -0.138. The number of hydrogen-bond donors (Lipinski definition) is 1. The van der Waals surface area contributed by atoms with Crippen molar-refractivity contribution in [3.05, 3.63) is 54.1 Å². The zero-order chi connectivity index (χ0) is 24.7. The number of unbranched alkanes of at least 4 members (excludes halogenated alkanes) is 8. The summed E-state index contributed by atoms with van der Waals surface area (Å²) in [6, 6.07) is 5.66. The Morgan fingerprint density at radius 1 is 0.794 bits per heavy atom. The summed E-state index contributed by atoms with van der Waals surface area (Å²) >= 11 is 0. The van der Waals surface area contributed by atoms with Crippen molar-refractivity contribution in [1.29, 1.82) is 0 Å². The molecule has 0 heterocycles. The van der Waals surface area contributed by atoms with Crippen LogP contribution in [0.25, 0.3) is 6.08 Å². The van der Waals surface area contributed by atoms with Crippen LogP contribution in [0.15, 0.2) is 48.6 Å². The SMILES string of the molecule is COc1ccc(C=CCOC(=O)CCCCCCCC=CCC=CCCCCCO)cc1OC. The fourth-order valence-electron chi connectivity index (χ4n) is 3.47. The Morgan fingerprint density at radius 3 is 2.12 bits per heavy atom. The molecule has 0 bridgehead atoms. The number of aliphatic hydroxyl groups is 1. The molecular weight excluding hydrogens is 428 g/mol. The van der Waals surface area contributed by atoms with Crippen LogP contribution in [0.5, 0.6) is 11.5 Å². The van der Waals surface area contributed by atoms with Crippen molar-refractivity contribution in [3.8, 4) is 11.5 Å². The summed E-state index contributed by atoms with van der Waals surface area (Å²) in [5.74, 6) is 1.22. The molecule has 0 amide bonds. The van der Waals surface area contributed by atoms with Gasteiger partial charge in [0.05, 0.1) is 14.2 Å². The maximum absolute atomic E-state index is 11.9. The molecule has 0 spiro atoms. The summed E-state index contributed by atoms with van der Waals surface area (Å²) in [6.07, 6.45) is 25.1. The molecule has 0 aliphatic heterocycles. The van der Waals surface area contributed by atoms with Gasteiger partial charge in [0.1, 0.15) is 6.61 Å². The van der Waals surface area contributed by atoms with E-state index in [1.165, 1.54) is 12.8 Å².